The van der Waals surface area contributed by atoms with Crippen LogP contribution in [0.5, 0.6) is 0 Å². The van der Waals surface area contributed by atoms with E-state index in [0.29, 0.717) is 12.1 Å². The Morgan fingerprint density at radius 1 is 1.45 bits per heavy atom. The predicted octanol–water partition coefficient (Wildman–Crippen LogP) is 3.82. The molecular formula is C16H15BrFN3O. The van der Waals surface area contributed by atoms with Gasteiger partial charge >= 0.3 is 6.03 Å². The number of nitrogens with one attached hydrogen (secondary N) is 1. The van der Waals surface area contributed by atoms with E-state index >= 15 is 0 Å². The largest absolute Gasteiger partial charge is 0.331 e. The molecule has 0 bridgehead atoms. The van der Waals surface area contributed by atoms with Crippen LogP contribution in [0.3, 0.4) is 0 Å². The van der Waals surface area contributed by atoms with Gasteiger partial charge in [-0.2, -0.15) is 0 Å². The lowest BCUT2D eigenvalue weighted by atomic mass is 10.1. The molecule has 1 N–H and O–H groups in total. The van der Waals surface area contributed by atoms with E-state index < -0.39 is 6.04 Å². The average Bonchev–Trinajstić information content (AvgIpc) is 2.90. The monoisotopic (exact) mass is 363 g/mol. The lowest BCUT2D eigenvalue weighted by Crippen LogP contribution is -2.40. The molecule has 22 heavy (non-hydrogen) atoms. The highest BCUT2D eigenvalue weighted by Gasteiger charge is 2.27. The Morgan fingerprint density at radius 3 is 3.00 bits per heavy atom. The first-order valence-corrected chi connectivity index (χ1v) is 7.82. The van der Waals surface area contributed by atoms with Crippen molar-refractivity contribution in [2.45, 2.75) is 19.4 Å². The molecule has 0 spiro atoms. The molecule has 0 saturated heterocycles. The fourth-order valence-electron chi connectivity index (χ4n) is 2.60. The number of anilines is 1. The maximum absolute atomic E-state index is 13.8. The number of urea groups is 1. The van der Waals surface area contributed by atoms with Gasteiger partial charge in [-0.25, -0.2) is 9.18 Å². The molecule has 114 valence electrons. The van der Waals surface area contributed by atoms with Crippen molar-refractivity contribution in [2.24, 2.45) is 0 Å². The summed E-state index contributed by atoms with van der Waals surface area (Å²) in [6.07, 6.45) is 2.45. The third-order valence-corrected chi connectivity index (χ3v) is 4.17. The van der Waals surface area contributed by atoms with Crippen LogP contribution >= 0.6 is 15.9 Å². The van der Waals surface area contributed by atoms with E-state index in [9.17, 15) is 9.18 Å². The molecule has 2 aromatic rings. The number of nitrogens with zero attached hydrogens (tertiary/aromatic N) is 2. The molecular weight excluding hydrogens is 349 g/mol. The van der Waals surface area contributed by atoms with Gasteiger partial charge in [0.1, 0.15) is 5.82 Å². The van der Waals surface area contributed by atoms with Crippen LogP contribution in [0.25, 0.3) is 0 Å². The van der Waals surface area contributed by atoms with Crippen molar-refractivity contribution in [3.8, 4) is 0 Å². The first-order chi connectivity index (χ1) is 10.6. The van der Waals surface area contributed by atoms with Crippen molar-refractivity contribution in [2.75, 3.05) is 11.4 Å². The number of pyridine rings is 1. The molecule has 2 amide bonds. The van der Waals surface area contributed by atoms with E-state index in [0.717, 1.165) is 22.3 Å². The highest BCUT2D eigenvalue weighted by atomic mass is 79.9. The smallest absolute Gasteiger partial charge is 0.322 e. The Balaban J connectivity index is 1.77. The molecule has 4 nitrogen and oxygen atoms in total. The van der Waals surface area contributed by atoms with Crippen LogP contribution in [-0.4, -0.2) is 17.6 Å². The van der Waals surface area contributed by atoms with Gasteiger partial charge in [-0.1, -0.05) is 18.2 Å². The number of fused-ring (bicyclic) bond motifs is 1. The van der Waals surface area contributed by atoms with Crippen molar-refractivity contribution < 1.29 is 9.18 Å². The topological polar surface area (TPSA) is 45.2 Å². The third kappa shape index (κ3) is 2.83. The molecule has 0 aliphatic carbocycles. The van der Waals surface area contributed by atoms with E-state index in [4.69, 9.17) is 0 Å². The van der Waals surface area contributed by atoms with Gasteiger partial charge in [-0.3, -0.25) is 9.88 Å². The Bertz CT molecular complexity index is 722. The number of halogens is 2. The SMILES string of the molecule is C[C@H](NC(=O)N1CCc2ncc(Br)cc21)c1ccccc1F. The highest BCUT2D eigenvalue weighted by molar-refractivity contribution is 9.10. The van der Waals surface area contributed by atoms with Crippen molar-refractivity contribution in [3.05, 3.63) is 58.1 Å². The third-order valence-electron chi connectivity index (χ3n) is 3.73. The molecule has 1 aliphatic rings. The summed E-state index contributed by atoms with van der Waals surface area (Å²) in [6, 6.07) is 7.69. The zero-order chi connectivity index (χ0) is 15.7. The van der Waals surface area contributed by atoms with Crippen LogP contribution in [0, 0.1) is 5.82 Å². The number of rotatable bonds is 2. The Morgan fingerprint density at radius 2 is 2.23 bits per heavy atom. The van der Waals surface area contributed by atoms with Gasteiger partial charge < -0.3 is 5.32 Å². The zero-order valence-electron chi connectivity index (χ0n) is 12.0. The molecule has 1 aromatic carbocycles. The number of hydrogen-bond donors (Lipinski definition) is 1. The minimum absolute atomic E-state index is 0.241. The van der Waals surface area contributed by atoms with Gasteiger partial charge in [0.25, 0.3) is 0 Å². The molecule has 1 aromatic heterocycles. The van der Waals surface area contributed by atoms with Crippen molar-refractivity contribution >= 4 is 27.6 Å². The van der Waals surface area contributed by atoms with Crippen LogP contribution in [-0.2, 0) is 6.42 Å². The molecule has 0 unspecified atom stereocenters. The van der Waals surface area contributed by atoms with E-state index in [1.165, 1.54) is 6.07 Å². The summed E-state index contributed by atoms with van der Waals surface area (Å²) in [5.74, 6) is -0.318. The minimum atomic E-state index is -0.405. The first kappa shape index (κ1) is 15.0. The van der Waals surface area contributed by atoms with Gasteiger partial charge in [-0.05, 0) is 35.0 Å². The van der Waals surface area contributed by atoms with Gasteiger partial charge in [0, 0.05) is 29.2 Å². The predicted molar refractivity (Wildman–Crippen MR) is 86.3 cm³/mol. The lowest BCUT2D eigenvalue weighted by molar-refractivity contribution is 0.243. The van der Waals surface area contributed by atoms with Gasteiger partial charge in [0.2, 0.25) is 0 Å². The van der Waals surface area contributed by atoms with Crippen LogP contribution < -0.4 is 10.2 Å². The minimum Gasteiger partial charge on any atom is -0.331 e. The van der Waals surface area contributed by atoms with Crippen molar-refractivity contribution in [1.29, 1.82) is 0 Å². The maximum Gasteiger partial charge on any atom is 0.322 e. The number of aromatic nitrogens is 1. The molecule has 1 aliphatic heterocycles. The standard InChI is InChI=1S/C16H15BrFN3O/c1-10(12-4-2-3-5-13(12)18)20-16(22)21-7-6-14-15(21)8-11(17)9-19-14/h2-5,8-10H,6-7H2,1H3,(H,20,22)/t10-/m0/s1. The summed E-state index contributed by atoms with van der Waals surface area (Å²) in [4.78, 5) is 18.4. The number of carbonyl (C=O) groups excluding carboxylic acids is 1. The fourth-order valence-corrected chi connectivity index (χ4v) is 2.92. The summed E-state index contributed by atoms with van der Waals surface area (Å²) in [5, 5.41) is 2.84. The number of carbonyl (C=O) groups is 1. The zero-order valence-corrected chi connectivity index (χ0v) is 13.6. The second-order valence-corrected chi connectivity index (χ2v) is 6.13. The highest BCUT2D eigenvalue weighted by Crippen LogP contribution is 2.29. The van der Waals surface area contributed by atoms with E-state index in [1.807, 2.05) is 6.07 Å². The summed E-state index contributed by atoms with van der Waals surface area (Å²) >= 11 is 3.37. The Labute approximate surface area is 136 Å². The lowest BCUT2D eigenvalue weighted by Gasteiger charge is -2.22. The quantitative estimate of drug-likeness (QED) is 0.881. The van der Waals surface area contributed by atoms with Crippen molar-refractivity contribution in [1.82, 2.24) is 10.3 Å². The summed E-state index contributed by atoms with van der Waals surface area (Å²) in [7, 11) is 0. The van der Waals surface area contributed by atoms with Crippen LogP contribution in [0.1, 0.15) is 24.2 Å². The van der Waals surface area contributed by atoms with E-state index in [1.54, 1.807) is 36.2 Å². The second-order valence-electron chi connectivity index (χ2n) is 5.21. The molecule has 0 saturated carbocycles. The maximum atomic E-state index is 13.8. The molecule has 1 atom stereocenters. The summed E-state index contributed by atoms with van der Waals surface area (Å²) in [5.41, 5.74) is 2.17. The summed E-state index contributed by atoms with van der Waals surface area (Å²) in [6.45, 7) is 2.35. The second kappa shape index (κ2) is 6.04. The van der Waals surface area contributed by atoms with E-state index in [-0.39, 0.29) is 11.8 Å². The molecule has 6 heteroatoms. The molecule has 0 fully saturated rings. The average molecular weight is 364 g/mol. The first-order valence-electron chi connectivity index (χ1n) is 7.03. The normalized spacial score (nSPS) is 14.6. The molecule has 2 heterocycles. The van der Waals surface area contributed by atoms with Gasteiger partial charge in [-0.15, -0.1) is 0 Å². The van der Waals surface area contributed by atoms with Crippen LogP contribution in [0.2, 0.25) is 0 Å². The number of hydrogen-bond acceptors (Lipinski definition) is 2. The molecule has 0 radical (unpaired) electrons. The fraction of sp³-hybridized carbons (Fsp3) is 0.250. The number of benzene rings is 1. The Kier molecular flexibility index (Phi) is 4.11. The van der Waals surface area contributed by atoms with Crippen LogP contribution in [0.15, 0.2) is 41.0 Å². The van der Waals surface area contributed by atoms with E-state index in [2.05, 4.69) is 26.2 Å². The Hall–Kier alpha value is -1.95. The van der Waals surface area contributed by atoms with Crippen molar-refractivity contribution in [3.63, 3.8) is 0 Å². The summed E-state index contributed by atoms with van der Waals surface area (Å²) < 4.78 is 14.6. The van der Waals surface area contributed by atoms with Crippen LogP contribution in [0.4, 0.5) is 14.9 Å². The van der Waals surface area contributed by atoms with Gasteiger partial charge in [0.15, 0.2) is 0 Å². The number of amides is 2. The van der Waals surface area contributed by atoms with Gasteiger partial charge in [0.05, 0.1) is 17.4 Å². The molecule has 3 rings (SSSR count).